The zero-order chi connectivity index (χ0) is 13.8. The number of allylic oxidation sites excluding steroid dienone is 3. The SMILES string of the molecule is O=C1CCCCCCCC=CCCCCCC1=CO. The average Bonchev–Trinajstić information content (AvgIpc) is 2.42. The van der Waals surface area contributed by atoms with Crippen molar-refractivity contribution in [2.75, 3.05) is 0 Å². The molecule has 0 unspecified atom stereocenters. The lowest BCUT2D eigenvalue weighted by atomic mass is 9.99. The molecule has 1 N–H and O–H groups in total. The standard InChI is InChI=1S/C17H28O2/c18-15-16-13-11-9-7-5-3-1-2-4-6-8-10-12-14-17(16)19/h1,3,15,18H,2,4-14H2. The van der Waals surface area contributed by atoms with E-state index in [1.807, 2.05) is 0 Å². The molecule has 0 aromatic rings. The van der Waals surface area contributed by atoms with Crippen LogP contribution in [0.4, 0.5) is 0 Å². The van der Waals surface area contributed by atoms with Crippen molar-refractivity contribution in [3.63, 3.8) is 0 Å². The van der Waals surface area contributed by atoms with Crippen LogP contribution in [0.2, 0.25) is 0 Å². The fourth-order valence-corrected chi connectivity index (χ4v) is 2.50. The van der Waals surface area contributed by atoms with Gasteiger partial charge in [0.05, 0.1) is 6.26 Å². The van der Waals surface area contributed by atoms with E-state index in [1.165, 1.54) is 32.1 Å². The molecule has 1 aliphatic carbocycles. The van der Waals surface area contributed by atoms with E-state index in [1.54, 1.807) is 0 Å². The Kier molecular flexibility index (Phi) is 9.13. The maximum Gasteiger partial charge on any atom is 0.161 e. The molecular weight excluding hydrogens is 236 g/mol. The lowest BCUT2D eigenvalue weighted by Gasteiger charge is -2.06. The summed E-state index contributed by atoms with van der Waals surface area (Å²) in [6, 6.07) is 0. The Morgan fingerprint density at radius 2 is 1.32 bits per heavy atom. The normalized spacial score (nSPS) is 23.6. The van der Waals surface area contributed by atoms with E-state index in [0.717, 1.165) is 44.8 Å². The van der Waals surface area contributed by atoms with Gasteiger partial charge in [-0.2, -0.15) is 0 Å². The predicted molar refractivity (Wildman–Crippen MR) is 80.3 cm³/mol. The number of hydrogen-bond acceptors (Lipinski definition) is 2. The lowest BCUT2D eigenvalue weighted by Crippen LogP contribution is -2.03. The highest BCUT2D eigenvalue weighted by molar-refractivity contribution is 5.94. The molecule has 0 aromatic heterocycles. The van der Waals surface area contributed by atoms with E-state index in [4.69, 9.17) is 5.11 Å². The van der Waals surface area contributed by atoms with Crippen molar-refractivity contribution in [2.24, 2.45) is 0 Å². The third-order valence-electron chi connectivity index (χ3n) is 3.77. The van der Waals surface area contributed by atoms with E-state index in [-0.39, 0.29) is 5.78 Å². The van der Waals surface area contributed by atoms with Crippen LogP contribution in [-0.2, 0) is 4.79 Å². The molecule has 0 spiro atoms. The molecule has 0 heterocycles. The second kappa shape index (κ2) is 10.8. The molecule has 1 rings (SSSR count). The van der Waals surface area contributed by atoms with Gasteiger partial charge in [0.2, 0.25) is 0 Å². The fourth-order valence-electron chi connectivity index (χ4n) is 2.50. The van der Waals surface area contributed by atoms with E-state index in [9.17, 15) is 4.79 Å². The highest BCUT2D eigenvalue weighted by atomic mass is 16.2. The van der Waals surface area contributed by atoms with Gasteiger partial charge in [-0.05, 0) is 44.9 Å². The first-order valence-electron chi connectivity index (χ1n) is 7.86. The van der Waals surface area contributed by atoms with Crippen molar-refractivity contribution in [2.45, 2.75) is 77.0 Å². The number of carbonyl (C=O) groups excluding carboxylic acids is 1. The van der Waals surface area contributed by atoms with Gasteiger partial charge in [0, 0.05) is 12.0 Å². The second-order valence-electron chi connectivity index (χ2n) is 5.45. The Hall–Kier alpha value is -1.05. The number of Topliss-reactive ketones (excluding diaryl/α,β-unsaturated/α-hetero) is 1. The van der Waals surface area contributed by atoms with E-state index >= 15 is 0 Å². The topological polar surface area (TPSA) is 37.3 Å². The molecule has 2 heteroatoms. The molecule has 0 saturated carbocycles. The third kappa shape index (κ3) is 7.86. The van der Waals surface area contributed by atoms with Gasteiger partial charge in [-0.1, -0.05) is 37.8 Å². The number of ketones is 1. The Balaban J connectivity index is 2.39. The summed E-state index contributed by atoms with van der Waals surface area (Å²) in [7, 11) is 0. The van der Waals surface area contributed by atoms with Crippen LogP contribution in [-0.4, -0.2) is 10.9 Å². The molecular formula is C17H28O2. The molecule has 108 valence electrons. The summed E-state index contributed by atoms with van der Waals surface area (Å²) in [6.07, 6.45) is 18.5. The first-order valence-corrected chi connectivity index (χ1v) is 7.86. The van der Waals surface area contributed by atoms with Gasteiger partial charge in [0.1, 0.15) is 0 Å². The Labute approximate surface area is 117 Å². The highest BCUT2D eigenvalue weighted by Crippen LogP contribution is 2.16. The molecule has 2 nitrogen and oxygen atoms in total. The smallest absolute Gasteiger partial charge is 0.161 e. The van der Waals surface area contributed by atoms with Crippen molar-refractivity contribution in [1.82, 2.24) is 0 Å². The summed E-state index contributed by atoms with van der Waals surface area (Å²) >= 11 is 0. The lowest BCUT2D eigenvalue weighted by molar-refractivity contribution is -0.116. The summed E-state index contributed by atoms with van der Waals surface area (Å²) in [5.74, 6) is 0.148. The van der Waals surface area contributed by atoms with Gasteiger partial charge < -0.3 is 5.11 Å². The minimum Gasteiger partial charge on any atom is -0.515 e. The van der Waals surface area contributed by atoms with E-state index in [2.05, 4.69) is 12.2 Å². The molecule has 0 saturated heterocycles. The number of carbonyl (C=O) groups is 1. The summed E-state index contributed by atoms with van der Waals surface area (Å²) < 4.78 is 0. The largest absolute Gasteiger partial charge is 0.515 e. The third-order valence-corrected chi connectivity index (χ3v) is 3.77. The van der Waals surface area contributed by atoms with Gasteiger partial charge in [0.15, 0.2) is 5.78 Å². The zero-order valence-corrected chi connectivity index (χ0v) is 12.1. The molecule has 19 heavy (non-hydrogen) atoms. The van der Waals surface area contributed by atoms with Crippen molar-refractivity contribution < 1.29 is 9.90 Å². The summed E-state index contributed by atoms with van der Waals surface area (Å²) in [6.45, 7) is 0. The molecule has 0 atom stereocenters. The van der Waals surface area contributed by atoms with Crippen molar-refractivity contribution in [3.8, 4) is 0 Å². The van der Waals surface area contributed by atoms with Gasteiger partial charge in [-0.15, -0.1) is 0 Å². The molecule has 0 aromatic carbocycles. The van der Waals surface area contributed by atoms with Crippen LogP contribution in [0.15, 0.2) is 24.0 Å². The van der Waals surface area contributed by atoms with Crippen LogP contribution in [0.5, 0.6) is 0 Å². The van der Waals surface area contributed by atoms with Crippen molar-refractivity contribution in [3.05, 3.63) is 24.0 Å². The molecule has 0 radical (unpaired) electrons. The molecule has 0 aliphatic heterocycles. The molecule has 0 fully saturated rings. The van der Waals surface area contributed by atoms with Gasteiger partial charge >= 0.3 is 0 Å². The van der Waals surface area contributed by atoms with E-state index in [0.29, 0.717) is 12.0 Å². The Morgan fingerprint density at radius 3 is 2.00 bits per heavy atom. The first-order chi connectivity index (χ1) is 9.34. The summed E-state index contributed by atoms with van der Waals surface area (Å²) in [5, 5.41) is 9.15. The fraction of sp³-hybridized carbons (Fsp3) is 0.706. The molecule has 0 amide bonds. The first kappa shape index (κ1) is 16.0. The maximum atomic E-state index is 11.9. The number of hydrogen-bond donors (Lipinski definition) is 1. The van der Waals surface area contributed by atoms with Crippen LogP contribution in [0, 0.1) is 0 Å². The second-order valence-corrected chi connectivity index (χ2v) is 5.45. The van der Waals surface area contributed by atoms with Crippen LogP contribution in [0.25, 0.3) is 0 Å². The van der Waals surface area contributed by atoms with Crippen LogP contribution >= 0.6 is 0 Å². The van der Waals surface area contributed by atoms with Crippen LogP contribution < -0.4 is 0 Å². The summed E-state index contributed by atoms with van der Waals surface area (Å²) in [4.78, 5) is 11.9. The molecule has 0 bridgehead atoms. The van der Waals surface area contributed by atoms with Gasteiger partial charge in [-0.3, -0.25) is 4.79 Å². The number of aliphatic hydroxyl groups excluding tert-OH is 1. The summed E-state index contributed by atoms with van der Waals surface area (Å²) in [5.41, 5.74) is 0.627. The Bertz CT molecular complexity index is 302. The molecule has 1 aliphatic rings. The minimum atomic E-state index is 0.148. The number of aliphatic hydroxyl groups is 1. The van der Waals surface area contributed by atoms with Crippen LogP contribution in [0.1, 0.15) is 77.0 Å². The van der Waals surface area contributed by atoms with Gasteiger partial charge in [0.25, 0.3) is 0 Å². The van der Waals surface area contributed by atoms with Crippen LogP contribution in [0.3, 0.4) is 0 Å². The quantitative estimate of drug-likeness (QED) is 0.368. The van der Waals surface area contributed by atoms with Crippen molar-refractivity contribution in [1.29, 1.82) is 0 Å². The monoisotopic (exact) mass is 264 g/mol. The zero-order valence-electron chi connectivity index (χ0n) is 12.1. The minimum absolute atomic E-state index is 0.148. The van der Waals surface area contributed by atoms with Gasteiger partial charge in [-0.25, -0.2) is 0 Å². The average molecular weight is 264 g/mol. The predicted octanol–water partition coefficient (Wildman–Crippen LogP) is 5.25. The Morgan fingerprint density at radius 1 is 0.789 bits per heavy atom. The van der Waals surface area contributed by atoms with Crippen molar-refractivity contribution >= 4 is 5.78 Å². The highest BCUT2D eigenvalue weighted by Gasteiger charge is 2.09. The van der Waals surface area contributed by atoms with E-state index < -0.39 is 0 Å². The maximum absolute atomic E-state index is 11.9. The number of rotatable bonds is 0.